The van der Waals surface area contributed by atoms with E-state index >= 15 is 0 Å². The summed E-state index contributed by atoms with van der Waals surface area (Å²) in [5.41, 5.74) is 8.65. The second-order valence-electron chi connectivity index (χ2n) is 4.11. The van der Waals surface area contributed by atoms with E-state index in [1.807, 2.05) is 25.2 Å². The van der Waals surface area contributed by atoms with Crippen LogP contribution in [-0.4, -0.2) is 20.5 Å². The molecule has 0 aliphatic rings. The minimum absolute atomic E-state index is 0.639. The van der Waals surface area contributed by atoms with Crippen LogP contribution in [0.5, 0.6) is 0 Å². The van der Waals surface area contributed by atoms with Gasteiger partial charge >= 0.3 is 0 Å². The number of nitrogens with two attached hydrogens (primary N) is 1. The van der Waals surface area contributed by atoms with Crippen molar-refractivity contribution < 1.29 is 0 Å². The van der Waals surface area contributed by atoms with Crippen molar-refractivity contribution in [3.8, 4) is 0 Å². The maximum absolute atomic E-state index is 6.13. The Morgan fingerprint density at radius 1 is 1.41 bits per heavy atom. The largest absolute Gasteiger partial charge is 0.330 e. The zero-order valence-corrected chi connectivity index (χ0v) is 10.3. The Balaban J connectivity index is 2.37. The van der Waals surface area contributed by atoms with Crippen molar-refractivity contribution in [2.75, 3.05) is 6.54 Å². The minimum Gasteiger partial charge on any atom is -0.330 e. The van der Waals surface area contributed by atoms with E-state index in [0.29, 0.717) is 11.6 Å². The van der Waals surface area contributed by atoms with Crippen LogP contribution in [0.25, 0.3) is 16.8 Å². The van der Waals surface area contributed by atoms with E-state index in [2.05, 4.69) is 20.1 Å². The topological polar surface area (TPSA) is 48.2 Å². The third-order valence-electron chi connectivity index (χ3n) is 3.06. The number of benzene rings is 1. The van der Waals surface area contributed by atoms with E-state index < -0.39 is 0 Å². The third kappa shape index (κ3) is 1.45. The monoisotopic (exact) mass is 248 g/mol. The maximum atomic E-state index is 6.13. The number of halogens is 1. The fourth-order valence-corrected chi connectivity index (χ4v) is 2.39. The Morgan fingerprint density at radius 3 is 3.00 bits per heavy atom. The van der Waals surface area contributed by atoms with Gasteiger partial charge in [-0.3, -0.25) is 4.40 Å². The van der Waals surface area contributed by atoms with Crippen molar-refractivity contribution in [1.29, 1.82) is 0 Å². The summed E-state index contributed by atoms with van der Waals surface area (Å²) in [4.78, 5) is 4.57. The van der Waals surface area contributed by atoms with E-state index in [1.165, 1.54) is 5.69 Å². The molecule has 3 aromatic rings. The molecule has 0 amide bonds. The average Bonchev–Trinajstić information content (AvgIpc) is 2.81. The van der Waals surface area contributed by atoms with Gasteiger partial charge < -0.3 is 10.3 Å². The van der Waals surface area contributed by atoms with Gasteiger partial charge in [0.1, 0.15) is 5.52 Å². The smallest absolute Gasteiger partial charge is 0.214 e. The van der Waals surface area contributed by atoms with Crippen molar-refractivity contribution in [3.05, 3.63) is 35.1 Å². The van der Waals surface area contributed by atoms with E-state index in [0.717, 1.165) is 23.2 Å². The first kappa shape index (κ1) is 10.6. The number of para-hydroxylation sites is 1. The Bertz CT molecular complexity index is 695. The number of aromatic nitrogens is 3. The lowest BCUT2D eigenvalue weighted by Gasteiger charge is -1.98. The molecule has 2 aromatic heterocycles. The van der Waals surface area contributed by atoms with Crippen molar-refractivity contribution in [2.24, 2.45) is 12.8 Å². The summed E-state index contributed by atoms with van der Waals surface area (Å²) < 4.78 is 4.12. The van der Waals surface area contributed by atoms with Crippen molar-refractivity contribution in [2.45, 2.75) is 6.42 Å². The Labute approximate surface area is 104 Å². The first-order chi connectivity index (χ1) is 8.22. The summed E-state index contributed by atoms with van der Waals surface area (Å²) in [5.74, 6) is 0.900. The number of fused-ring (bicyclic) bond motifs is 3. The summed E-state index contributed by atoms with van der Waals surface area (Å²) in [7, 11) is 2.00. The molecule has 17 heavy (non-hydrogen) atoms. The highest BCUT2D eigenvalue weighted by atomic mass is 35.5. The van der Waals surface area contributed by atoms with E-state index in [9.17, 15) is 0 Å². The van der Waals surface area contributed by atoms with Gasteiger partial charge in [-0.05, 0) is 18.7 Å². The van der Waals surface area contributed by atoms with E-state index in [1.54, 1.807) is 0 Å². The molecular formula is C12H13ClN4. The first-order valence-corrected chi connectivity index (χ1v) is 5.91. The molecule has 2 heterocycles. The van der Waals surface area contributed by atoms with Crippen molar-refractivity contribution in [1.82, 2.24) is 14.0 Å². The molecule has 2 N–H and O–H groups in total. The number of imidazole rings is 2. The molecule has 5 heteroatoms. The standard InChI is InChI=1S/C12H13ClN4/c1-16-8(5-6-14)7-17-10-4-2-3-9(13)11(10)15-12(16)17/h2-4,7H,5-6,14H2,1H3. The highest BCUT2D eigenvalue weighted by molar-refractivity contribution is 6.35. The molecule has 3 rings (SSSR count). The number of aryl methyl sites for hydroxylation is 1. The molecule has 0 spiro atoms. The molecule has 1 aromatic carbocycles. The highest BCUT2D eigenvalue weighted by Crippen LogP contribution is 2.25. The van der Waals surface area contributed by atoms with Gasteiger partial charge in [-0.2, -0.15) is 0 Å². The van der Waals surface area contributed by atoms with Gasteiger partial charge in [0.2, 0.25) is 5.78 Å². The molecular weight excluding hydrogens is 236 g/mol. The van der Waals surface area contributed by atoms with Crippen molar-refractivity contribution >= 4 is 28.4 Å². The molecule has 0 atom stereocenters. The van der Waals surface area contributed by atoms with Crippen LogP contribution in [0.2, 0.25) is 5.02 Å². The fourth-order valence-electron chi connectivity index (χ4n) is 2.18. The molecule has 88 valence electrons. The van der Waals surface area contributed by atoms with Crippen LogP contribution in [0.3, 0.4) is 0 Å². The van der Waals surface area contributed by atoms with Crippen LogP contribution in [0.15, 0.2) is 24.4 Å². The highest BCUT2D eigenvalue weighted by Gasteiger charge is 2.12. The van der Waals surface area contributed by atoms with Gasteiger partial charge in [0.15, 0.2) is 0 Å². The van der Waals surface area contributed by atoms with Gasteiger partial charge in [-0.15, -0.1) is 0 Å². The number of rotatable bonds is 2. The van der Waals surface area contributed by atoms with Crippen LogP contribution in [0, 0.1) is 0 Å². The van der Waals surface area contributed by atoms with Gasteiger partial charge in [-0.25, -0.2) is 4.98 Å². The van der Waals surface area contributed by atoms with Crippen LogP contribution in [0.1, 0.15) is 5.69 Å². The summed E-state index contributed by atoms with van der Waals surface area (Å²) in [5, 5.41) is 0.687. The summed E-state index contributed by atoms with van der Waals surface area (Å²) in [6.07, 6.45) is 2.93. The van der Waals surface area contributed by atoms with E-state index in [4.69, 9.17) is 17.3 Å². The van der Waals surface area contributed by atoms with Gasteiger partial charge in [0, 0.05) is 25.4 Å². The normalized spacial score (nSPS) is 11.7. The summed E-state index contributed by atoms with van der Waals surface area (Å²) in [6, 6.07) is 5.82. The SMILES string of the molecule is Cn1c(CCN)cn2c3cccc(Cl)c3nc12. The van der Waals surface area contributed by atoms with Gasteiger partial charge in [0.25, 0.3) is 0 Å². The zero-order chi connectivity index (χ0) is 12.0. The molecule has 4 nitrogen and oxygen atoms in total. The maximum Gasteiger partial charge on any atom is 0.214 e. The second kappa shape index (κ2) is 3.75. The van der Waals surface area contributed by atoms with Crippen LogP contribution in [-0.2, 0) is 13.5 Å². The lowest BCUT2D eigenvalue weighted by atomic mass is 10.3. The molecule has 0 fully saturated rings. The van der Waals surface area contributed by atoms with Crippen LogP contribution in [0.4, 0.5) is 0 Å². The first-order valence-electron chi connectivity index (χ1n) is 5.53. The minimum atomic E-state index is 0.639. The van der Waals surface area contributed by atoms with E-state index in [-0.39, 0.29) is 0 Å². The van der Waals surface area contributed by atoms with Gasteiger partial charge in [-0.1, -0.05) is 17.7 Å². The van der Waals surface area contributed by atoms with Crippen LogP contribution < -0.4 is 5.73 Å². The van der Waals surface area contributed by atoms with Gasteiger partial charge in [0.05, 0.1) is 10.5 Å². The second-order valence-corrected chi connectivity index (χ2v) is 4.51. The zero-order valence-electron chi connectivity index (χ0n) is 9.52. The predicted octanol–water partition coefficient (Wildman–Crippen LogP) is 1.98. The molecule has 0 saturated carbocycles. The van der Waals surface area contributed by atoms with Crippen molar-refractivity contribution in [3.63, 3.8) is 0 Å². The lowest BCUT2D eigenvalue weighted by molar-refractivity contribution is 0.820. The Hall–Kier alpha value is -1.52. The molecule has 0 aliphatic heterocycles. The molecule has 0 radical (unpaired) electrons. The van der Waals surface area contributed by atoms with Crippen LogP contribution >= 0.6 is 11.6 Å². The number of hydrogen-bond donors (Lipinski definition) is 1. The Morgan fingerprint density at radius 2 is 2.24 bits per heavy atom. The lowest BCUT2D eigenvalue weighted by Crippen LogP contribution is -2.06. The Kier molecular flexibility index (Phi) is 2.34. The molecule has 0 aliphatic carbocycles. The fraction of sp³-hybridized carbons (Fsp3) is 0.250. The number of hydrogen-bond acceptors (Lipinski definition) is 2. The number of nitrogens with zero attached hydrogens (tertiary/aromatic N) is 3. The third-order valence-corrected chi connectivity index (χ3v) is 3.37. The quantitative estimate of drug-likeness (QED) is 0.754. The average molecular weight is 249 g/mol. The summed E-state index contributed by atoms with van der Waals surface area (Å²) in [6.45, 7) is 0.639. The predicted molar refractivity (Wildman–Crippen MR) is 69.4 cm³/mol. The molecule has 0 bridgehead atoms. The molecule has 0 unspecified atom stereocenters. The molecule has 0 saturated heterocycles. The summed E-state index contributed by atoms with van der Waals surface area (Å²) >= 11 is 6.13.